The van der Waals surface area contributed by atoms with E-state index >= 15 is 0 Å². The van der Waals surface area contributed by atoms with Crippen LogP contribution in [0.5, 0.6) is 0 Å². The van der Waals surface area contributed by atoms with Gasteiger partial charge in [-0.2, -0.15) is 0 Å². The first-order valence-electron chi connectivity index (χ1n) is 6.67. The first-order chi connectivity index (χ1) is 8.24. The Morgan fingerprint density at radius 1 is 1.12 bits per heavy atom. The summed E-state index contributed by atoms with van der Waals surface area (Å²) in [6.07, 6.45) is 7.20. The van der Waals surface area contributed by atoms with Gasteiger partial charge in [0.2, 0.25) is 0 Å². The van der Waals surface area contributed by atoms with Crippen molar-refractivity contribution < 1.29 is 0 Å². The van der Waals surface area contributed by atoms with E-state index < -0.39 is 0 Å². The van der Waals surface area contributed by atoms with Gasteiger partial charge in [0, 0.05) is 17.6 Å². The second kappa shape index (κ2) is 6.55. The van der Waals surface area contributed by atoms with Crippen molar-refractivity contribution in [1.29, 1.82) is 0 Å². The minimum Gasteiger partial charge on any atom is -0.302 e. The predicted octanol–water partition coefficient (Wildman–Crippen LogP) is 4.46. The lowest BCUT2D eigenvalue weighted by atomic mass is 9.89. The average Bonchev–Trinajstić information content (AvgIpc) is 2.33. The van der Waals surface area contributed by atoms with Crippen LogP contribution in [0.4, 0.5) is 0 Å². The minimum atomic E-state index is 0.934. The molecule has 0 atom stereocenters. The van der Waals surface area contributed by atoms with Crippen LogP contribution >= 0.6 is 15.9 Å². The number of nitrogens with zero attached hydrogens (tertiary/aromatic N) is 1. The Morgan fingerprint density at radius 3 is 2.41 bits per heavy atom. The van der Waals surface area contributed by atoms with Crippen molar-refractivity contribution in [2.24, 2.45) is 5.92 Å². The van der Waals surface area contributed by atoms with E-state index in [1.54, 1.807) is 0 Å². The molecule has 0 saturated heterocycles. The van der Waals surface area contributed by atoms with Crippen LogP contribution in [0.25, 0.3) is 0 Å². The summed E-state index contributed by atoms with van der Waals surface area (Å²) in [6, 6.07) is 8.68. The Morgan fingerprint density at radius 2 is 1.76 bits per heavy atom. The van der Waals surface area contributed by atoms with Crippen molar-refractivity contribution in [2.75, 3.05) is 13.6 Å². The topological polar surface area (TPSA) is 3.24 Å². The number of rotatable bonds is 4. The molecule has 2 heteroatoms. The van der Waals surface area contributed by atoms with E-state index in [0.29, 0.717) is 0 Å². The molecule has 0 amide bonds. The molecule has 0 bridgehead atoms. The molecule has 0 aliphatic heterocycles. The van der Waals surface area contributed by atoms with Gasteiger partial charge in [-0.1, -0.05) is 47.3 Å². The smallest absolute Gasteiger partial charge is 0.0230 e. The SMILES string of the molecule is CN(Cc1ccc(Br)cc1)CC1CCCCC1. The highest BCUT2D eigenvalue weighted by Gasteiger charge is 2.15. The van der Waals surface area contributed by atoms with Crippen LogP contribution in [-0.2, 0) is 6.54 Å². The summed E-state index contributed by atoms with van der Waals surface area (Å²) in [5, 5.41) is 0. The maximum atomic E-state index is 3.48. The largest absolute Gasteiger partial charge is 0.302 e. The standard InChI is InChI=1S/C15H22BrN/c1-17(11-13-5-3-2-4-6-13)12-14-7-9-15(16)10-8-14/h7-10,13H,2-6,11-12H2,1H3. The summed E-state index contributed by atoms with van der Waals surface area (Å²) in [7, 11) is 2.25. The fourth-order valence-electron chi connectivity index (χ4n) is 2.78. The molecule has 1 saturated carbocycles. The first kappa shape index (κ1) is 13.1. The second-order valence-corrected chi connectivity index (χ2v) is 6.24. The fourth-order valence-corrected chi connectivity index (χ4v) is 3.04. The van der Waals surface area contributed by atoms with E-state index in [1.165, 1.54) is 44.2 Å². The highest BCUT2D eigenvalue weighted by Crippen LogP contribution is 2.24. The molecule has 0 N–H and O–H groups in total. The zero-order valence-electron chi connectivity index (χ0n) is 10.7. The van der Waals surface area contributed by atoms with E-state index in [4.69, 9.17) is 0 Å². The van der Waals surface area contributed by atoms with Gasteiger partial charge in [-0.3, -0.25) is 0 Å². The lowest BCUT2D eigenvalue weighted by Gasteiger charge is -2.27. The van der Waals surface area contributed by atoms with Crippen LogP contribution in [0, 0.1) is 5.92 Å². The Labute approximate surface area is 113 Å². The monoisotopic (exact) mass is 295 g/mol. The van der Waals surface area contributed by atoms with Crippen LogP contribution in [0.2, 0.25) is 0 Å². The Hall–Kier alpha value is -0.340. The maximum Gasteiger partial charge on any atom is 0.0230 e. The molecule has 0 spiro atoms. The van der Waals surface area contributed by atoms with Crippen LogP contribution in [0.15, 0.2) is 28.7 Å². The number of halogens is 1. The second-order valence-electron chi connectivity index (χ2n) is 5.33. The molecule has 1 aromatic carbocycles. The number of hydrogen-bond donors (Lipinski definition) is 0. The lowest BCUT2D eigenvalue weighted by molar-refractivity contribution is 0.228. The summed E-state index contributed by atoms with van der Waals surface area (Å²) in [6.45, 7) is 2.33. The van der Waals surface area contributed by atoms with Crippen molar-refractivity contribution >= 4 is 15.9 Å². The first-order valence-corrected chi connectivity index (χ1v) is 7.46. The average molecular weight is 296 g/mol. The maximum absolute atomic E-state index is 3.48. The van der Waals surface area contributed by atoms with E-state index in [-0.39, 0.29) is 0 Å². The Kier molecular flexibility index (Phi) is 5.05. The van der Waals surface area contributed by atoms with E-state index in [2.05, 4.69) is 52.1 Å². The van der Waals surface area contributed by atoms with E-state index in [0.717, 1.165) is 16.9 Å². The Bertz CT molecular complexity index is 327. The molecule has 0 radical (unpaired) electrons. The van der Waals surface area contributed by atoms with Crippen molar-refractivity contribution in [2.45, 2.75) is 38.6 Å². The quantitative estimate of drug-likeness (QED) is 0.793. The van der Waals surface area contributed by atoms with Gasteiger partial charge in [-0.15, -0.1) is 0 Å². The zero-order valence-corrected chi connectivity index (χ0v) is 12.2. The molecule has 1 aliphatic carbocycles. The highest BCUT2D eigenvalue weighted by atomic mass is 79.9. The fraction of sp³-hybridized carbons (Fsp3) is 0.600. The molecule has 0 heterocycles. The molecule has 1 aliphatic rings. The van der Waals surface area contributed by atoms with E-state index in [9.17, 15) is 0 Å². The summed E-state index contributed by atoms with van der Waals surface area (Å²) < 4.78 is 1.16. The van der Waals surface area contributed by atoms with Gasteiger partial charge in [-0.05, 0) is 43.5 Å². The molecule has 1 nitrogen and oxygen atoms in total. The third-order valence-corrected chi connectivity index (χ3v) is 4.19. The van der Waals surface area contributed by atoms with Crippen LogP contribution in [-0.4, -0.2) is 18.5 Å². The predicted molar refractivity (Wildman–Crippen MR) is 77.1 cm³/mol. The summed E-state index contributed by atoms with van der Waals surface area (Å²) in [5.74, 6) is 0.934. The highest BCUT2D eigenvalue weighted by molar-refractivity contribution is 9.10. The van der Waals surface area contributed by atoms with Crippen molar-refractivity contribution in [3.63, 3.8) is 0 Å². The van der Waals surface area contributed by atoms with Gasteiger partial charge < -0.3 is 4.90 Å². The van der Waals surface area contributed by atoms with E-state index in [1.807, 2.05) is 0 Å². The van der Waals surface area contributed by atoms with Gasteiger partial charge >= 0.3 is 0 Å². The van der Waals surface area contributed by atoms with Crippen LogP contribution in [0.3, 0.4) is 0 Å². The van der Waals surface area contributed by atoms with Crippen molar-refractivity contribution in [1.82, 2.24) is 4.90 Å². The molecule has 0 aromatic heterocycles. The van der Waals surface area contributed by atoms with Gasteiger partial charge in [0.15, 0.2) is 0 Å². The zero-order chi connectivity index (χ0) is 12.1. The van der Waals surface area contributed by atoms with Crippen molar-refractivity contribution in [3.8, 4) is 0 Å². The number of hydrogen-bond acceptors (Lipinski definition) is 1. The van der Waals surface area contributed by atoms with Crippen LogP contribution in [0.1, 0.15) is 37.7 Å². The Balaban J connectivity index is 1.79. The molecular weight excluding hydrogens is 274 g/mol. The lowest BCUT2D eigenvalue weighted by Crippen LogP contribution is -2.26. The third kappa shape index (κ3) is 4.44. The molecule has 1 aromatic rings. The summed E-state index contributed by atoms with van der Waals surface area (Å²) in [5.41, 5.74) is 1.41. The third-order valence-electron chi connectivity index (χ3n) is 3.66. The molecule has 0 unspecified atom stereocenters. The summed E-state index contributed by atoms with van der Waals surface area (Å²) in [4.78, 5) is 2.47. The van der Waals surface area contributed by atoms with Gasteiger partial charge in [-0.25, -0.2) is 0 Å². The van der Waals surface area contributed by atoms with Gasteiger partial charge in [0.25, 0.3) is 0 Å². The van der Waals surface area contributed by atoms with Crippen LogP contribution < -0.4 is 0 Å². The number of benzene rings is 1. The normalized spacial score (nSPS) is 17.6. The molecule has 17 heavy (non-hydrogen) atoms. The molecular formula is C15H22BrN. The minimum absolute atomic E-state index is 0.934. The summed E-state index contributed by atoms with van der Waals surface area (Å²) >= 11 is 3.48. The van der Waals surface area contributed by atoms with Gasteiger partial charge in [0.05, 0.1) is 0 Å². The molecule has 1 fully saturated rings. The molecule has 94 valence electrons. The van der Waals surface area contributed by atoms with Crippen molar-refractivity contribution in [3.05, 3.63) is 34.3 Å². The molecule has 2 rings (SSSR count). The van der Waals surface area contributed by atoms with Gasteiger partial charge in [0.1, 0.15) is 0 Å².